The minimum absolute atomic E-state index is 0.0231. The number of hydrogen-bond donors (Lipinski definition) is 3. The van der Waals surface area contributed by atoms with Crippen LogP contribution in [0, 0.1) is 0 Å². The van der Waals surface area contributed by atoms with Crippen molar-refractivity contribution in [3.05, 3.63) is 166 Å². The minimum atomic E-state index is -4.50. The van der Waals surface area contributed by atoms with Crippen molar-refractivity contribution in [1.82, 2.24) is 24.9 Å². The number of carbonyl (C=O) groups is 3. The summed E-state index contributed by atoms with van der Waals surface area (Å²) in [6.45, 7) is 0. The van der Waals surface area contributed by atoms with E-state index in [0.717, 1.165) is 35.2 Å². The number of benzene rings is 3. The van der Waals surface area contributed by atoms with Crippen molar-refractivity contribution >= 4 is 80.1 Å². The van der Waals surface area contributed by atoms with Gasteiger partial charge in [0.25, 0.3) is 17.1 Å². The number of hydrogen-bond acceptors (Lipinski definition) is 9. The summed E-state index contributed by atoms with van der Waals surface area (Å²) in [5.74, 6) is -1.08. The molecule has 4 N–H and O–H groups in total. The van der Waals surface area contributed by atoms with Gasteiger partial charge < -0.3 is 16.4 Å². The lowest BCUT2D eigenvalue weighted by atomic mass is 10.0. The molecule has 0 unspecified atom stereocenters. The molecule has 0 fully saturated rings. The Morgan fingerprint density at radius 2 is 1.05 bits per heavy atom. The molecule has 306 valence electrons. The summed E-state index contributed by atoms with van der Waals surface area (Å²) in [6, 6.07) is 23.3. The van der Waals surface area contributed by atoms with Gasteiger partial charge in [0.15, 0.2) is 0 Å². The number of carbonyl (C=O) groups excluding carboxylic acids is 3. The van der Waals surface area contributed by atoms with Crippen molar-refractivity contribution in [3.8, 4) is 11.1 Å². The summed E-state index contributed by atoms with van der Waals surface area (Å²) in [7, 11) is 0. The zero-order valence-corrected chi connectivity index (χ0v) is 32.3. The van der Waals surface area contributed by atoms with Crippen LogP contribution in [0.5, 0.6) is 0 Å². The number of nitrogens with zero attached hydrogens (tertiary/aromatic N) is 5. The van der Waals surface area contributed by atoms with E-state index in [-0.39, 0.29) is 34.4 Å². The predicted molar refractivity (Wildman–Crippen MR) is 215 cm³/mol. The number of nitrogen functional groups attached to an aromatic ring is 1. The normalized spacial score (nSPS) is 11.0. The molecule has 20 heteroatoms. The van der Waals surface area contributed by atoms with Crippen LogP contribution < -0.4 is 16.4 Å². The first-order chi connectivity index (χ1) is 28.3. The lowest BCUT2D eigenvalue weighted by Crippen LogP contribution is -2.14. The maximum Gasteiger partial charge on any atom is 0.416 e. The van der Waals surface area contributed by atoms with Crippen molar-refractivity contribution < 1.29 is 40.7 Å². The highest BCUT2D eigenvalue weighted by atomic mass is 35.5. The molecule has 0 aliphatic carbocycles. The van der Waals surface area contributed by atoms with Crippen LogP contribution in [0.2, 0.25) is 10.0 Å². The predicted octanol–water partition coefficient (Wildman–Crippen LogP) is 10.7. The second kappa shape index (κ2) is 19.4. The monoisotopic (exact) mass is 884 g/mol. The van der Waals surface area contributed by atoms with E-state index in [4.69, 9.17) is 40.5 Å². The van der Waals surface area contributed by atoms with Crippen LogP contribution in [0.1, 0.15) is 42.6 Å². The highest BCUT2D eigenvalue weighted by Crippen LogP contribution is 2.32. The van der Waals surface area contributed by atoms with Crippen molar-refractivity contribution in [2.24, 2.45) is 0 Å². The van der Waals surface area contributed by atoms with E-state index >= 15 is 0 Å². The van der Waals surface area contributed by atoms with Gasteiger partial charge in [-0.05, 0) is 108 Å². The zero-order valence-electron chi connectivity index (χ0n) is 30.1. The third-order valence-corrected chi connectivity index (χ3v) is 8.36. The molecule has 0 aliphatic heterocycles. The van der Waals surface area contributed by atoms with Crippen molar-refractivity contribution in [2.75, 3.05) is 16.4 Å². The molecule has 3 aromatic carbocycles. The first-order valence-corrected chi connectivity index (χ1v) is 17.9. The van der Waals surface area contributed by atoms with Gasteiger partial charge in [0.1, 0.15) is 17.1 Å². The second-order valence-corrected chi connectivity index (χ2v) is 13.2. The van der Waals surface area contributed by atoms with E-state index in [1.54, 1.807) is 30.5 Å². The molecule has 0 spiro atoms. The van der Waals surface area contributed by atoms with Crippen LogP contribution >= 0.6 is 34.8 Å². The second-order valence-electron chi connectivity index (χ2n) is 12.0. The minimum Gasteiger partial charge on any atom is -0.368 e. The largest absolute Gasteiger partial charge is 0.416 e. The summed E-state index contributed by atoms with van der Waals surface area (Å²) in [5, 5.41) is 5.74. The number of nitrogens with two attached hydrogens (primary N) is 1. The number of anilines is 3. The molecule has 4 aromatic heterocycles. The standard InChI is InChI=1S/C21H14F3N5O.C13H8ClF3N2O.C6H3Cl2NO/c22-21(23,24)15-2-1-3-16(10-15)28-19(30)18-9-13(6-7-26-18)12-4-5-17-14(8-12)11-27-20(25)29-17;14-9-4-5-18-11(7-9)12(20)19-10-3-1-2-8(6-10)13(15,16)17;7-4-1-2-9-5(3-4)6(8)10/h1-11H,(H,28,30)(H2,25,27,29);1-7H,(H,19,20);1-3H. The zero-order chi connectivity index (χ0) is 43.6. The van der Waals surface area contributed by atoms with Crippen molar-refractivity contribution in [3.63, 3.8) is 0 Å². The van der Waals surface area contributed by atoms with Gasteiger partial charge in [-0.15, -0.1) is 0 Å². The highest BCUT2D eigenvalue weighted by molar-refractivity contribution is 6.67. The van der Waals surface area contributed by atoms with E-state index in [9.17, 15) is 40.7 Å². The maximum absolute atomic E-state index is 12.9. The Hall–Kier alpha value is -6.69. The Morgan fingerprint density at radius 1 is 0.567 bits per heavy atom. The van der Waals surface area contributed by atoms with E-state index in [0.29, 0.717) is 21.1 Å². The smallest absolute Gasteiger partial charge is 0.368 e. The SMILES string of the molecule is Nc1ncc2cc(-c3ccnc(C(=O)Nc4cccc(C(F)(F)F)c4)c3)ccc2n1.O=C(Cl)c1cc(Cl)ccn1.O=C(Nc1cccc(C(F)(F)F)c1)c1cc(Cl)ccn1. The van der Waals surface area contributed by atoms with Crippen LogP contribution in [-0.4, -0.2) is 42.0 Å². The first-order valence-electron chi connectivity index (χ1n) is 16.7. The number of nitrogens with one attached hydrogen (secondary N) is 2. The summed E-state index contributed by atoms with van der Waals surface area (Å²) in [6.07, 6.45) is -3.14. The fourth-order valence-electron chi connectivity index (χ4n) is 4.94. The molecular formula is C40H25Cl3F6N8O3. The quantitative estimate of drug-likeness (QED) is 0.109. The van der Waals surface area contributed by atoms with Crippen molar-refractivity contribution in [2.45, 2.75) is 12.4 Å². The van der Waals surface area contributed by atoms with Gasteiger partial charge in [-0.3, -0.25) is 29.3 Å². The Labute approximate surface area is 350 Å². The van der Waals surface area contributed by atoms with Gasteiger partial charge in [0, 0.05) is 51.6 Å². The van der Waals surface area contributed by atoms with Crippen LogP contribution in [0.15, 0.2) is 128 Å². The third-order valence-electron chi connectivity index (χ3n) is 7.70. The molecule has 11 nitrogen and oxygen atoms in total. The van der Waals surface area contributed by atoms with Gasteiger partial charge in [0.05, 0.1) is 16.6 Å². The summed E-state index contributed by atoms with van der Waals surface area (Å²) in [4.78, 5) is 54.4. The fraction of sp³-hybridized carbons (Fsp3) is 0.0500. The van der Waals surface area contributed by atoms with Crippen LogP contribution in [0.25, 0.3) is 22.0 Å². The molecule has 0 saturated heterocycles. The summed E-state index contributed by atoms with van der Waals surface area (Å²) < 4.78 is 76.2. The number of fused-ring (bicyclic) bond motifs is 1. The van der Waals surface area contributed by atoms with Crippen molar-refractivity contribution in [1.29, 1.82) is 0 Å². The van der Waals surface area contributed by atoms with Gasteiger partial charge in [-0.1, -0.05) is 41.4 Å². The number of amides is 2. The van der Waals surface area contributed by atoms with Crippen LogP contribution in [0.3, 0.4) is 0 Å². The lowest BCUT2D eigenvalue weighted by Gasteiger charge is -2.10. The topological polar surface area (TPSA) is 166 Å². The van der Waals surface area contributed by atoms with E-state index in [1.807, 2.05) is 12.1 Å². The van der Waals surface area contributed by atoms with Crippen LogP contribution in [-0.2, 0) is 12.4 Å². The maximum atomic E-state index is 12.9. The van der Waals surface area contributed by atoms with Gasteiger partial charge in [-0.25, -0.2) is 9.97 Å². The molecule has 0 bridgehead atoms. The average Bonchev–Trinajstić information content (AvgIpc) is 3.21. The fourth-order valence-corrected chi connectivity index (χ4v) is 5.36. The molecule has 0 atom stereocenters. The van der Waals surface area contributed by atoms with Crippen LogP contribution in [0.4, 0.5) is 43.7 Å². The molecule has 7 aromatic rings. The van der Waals surface area contributed by atoms with E-state index in [2.05, 4.69) is 35.6 Å². The van der Waals surface area contributed by atoms with Gasteiger partial charge >= 0.3 is 12.4 Å². The molecular weight excluding hydrogens is 861 g/mol. The molecule has 0 aliphatic rings. The Balaban J connectivity index is 0.000000195. The molecule has 60 heavy (non-hydrogen) atoms. The summed E-state index contributed by atoms with van der Waals surface area (Å²) >= 11 is 16.4. The Morgan fingerprint density at radius 3 is 1.55 bits per heavy atom. The number of rotatable bonds is 6. The number of halogens is 9. The number of alkyl halides is 6. The number of aromatic nitrogens is 5. The van der Waals surface area contributed by atoms with Gasteiger partial charge in [-0.2, -0.15) is 26.3 Å². The lowest BCUT2D eigenvalue weighted by molar-refractivity contribution is -0.138. The van der Waals surface area contributed by atoms with Gasteiger partial charge in [0.2, 0.25) is 5.95 Å². The number of pyridine rings is 3. The van der Waals surface area contributed by atoms with E-state index in [1.165, 1.54) is 61.1 Å². The first kappa shape index (κ1) is 44.4. The highest BCUT2D eigenvalue weighted by Gasteiger charge is 2.31. The molecule has 0 saturated carbocycles. The van der Waals surface area contributed by atoms with E-state index < -0.39 is 40.5 Å². The average molecular weight is 886 g/mol. The Kier molecular flexibility index (Phi) is 14.3. The third kappa shape index (κ3) is 12.7. The summed E-state index contributed by atoms with van der Waals surface area (Å²) in [5.41, 5.74) is 6.42. The molecule has 2 amide bonds. The molecule has 0 radical (unpaired) electrons. The Bertz CT molecular complexity index is 2690. The molecule has 4 heterocycles. The molecule has 7 rings (SSSR count).